The van der Waals surface area contributed by atoms with Gasteiger partial charge < -0.3 is 65.1 Å². The second-order valence-corrected chi connectivity index (χ2v) is 24.3. The van der Waals surface area contributed by atoms with Gasteiger partial charge in [-0.25, -0.2) is 0 Å². The number of nitrogens with one attached hydrogen (secondary N) is 1. The van der Waals surface area contributed by atoms with Gasteiger partial charge in [0.1, 0.15) is 48.8 Å². The highest BCUT2D eigenvalue weighted by atomic mass is 16.7. The summed E-state index contributed by atoms with van der Waals surface area (Å²) in [5.41, 5.74) is 0. The Morgan fingerprint density at radius 2 is 0.790 bits per heavy atom. The molecule has 14 heteroatoms. The SMILES string of the molecule is CCCCCCCCCCCCCCCCCC/C=C/CC/C=C/C(O)C(COC1OC(CO)C(OC2OC(CO)C(O)C(O)C2O)C(O)C1O)NC(=O)CCCCCCCCCCCCCCCCCCCCCCCCCCC. The third-order valence-corrected chi connectivity index (χ3v) is 16.9. The molecule has 9 N–H and O–H groups in total. The van der Waals surface area contributed by atoms with E-state index in [1.165, 1.54) is 238 Å². The van der Waals surface area contributed by atoms with E-state index in [0.29, 0.717) is 12.8 Å². The maximum atomic E-state index is 13.3. The zero-order valence-electron chi connectivity index (χ0n) is 51.8. The van der Waals surface area contributed by atoms with Crippen LogP contribution in [0.25, 0.3) is 0 Å². The van der Waals surface area contributed by atoms with E-state index in [0.717, 1.165) is 32.1 Å². The van der Waals surface area contributed by atoms with E-state index in [4.69, 9.17) is 18.9 Å². The monoisotopic (exact) mass is 1150 g/mol. The Morgan fingerprint density at radius 3 is 1.21 bits per heavy atom. The van der Waals surface area contributed by atoms with E-state index in [1.54, 1.807) is 6.08 Å². The van der Waals surface area contributed by atoms with E-state index >= 15 is 0 Å². The molecule has 2 saturated heterocycles. The van der Waals surface area contributed by atoms with Crippen molar-refractivity contribution in [1.82, 2.24) is 5.32 Å². The fourth-order valence-electron chi connectivity index (χ4n) is 11.4. The quantitative estimate of drug-likeness (QED) is 0.0204. The first-order valence-electron chi connectivity index (χ1n) is 34.1. The lowest BCUT2D eigenvalue weighted by Gasteiger charge is -2.46. The zero-order valence-corrected chi connectivity index (χ0v) is 51.8. The number of allylic oxidation sites excluding steroid dienone is 3. The first kappa shape index (κ1) is 75.6. The van der Waals surface area contributed by atoms with Crippen molar-refractivity contribution in [3.8, 4) is 0 Å². The minimum atomic E-state index is -1.79. The molecule has 2 aliphatic rings. The summed E-state index contributed by atoms with van der Waals surface area (Å²) in [6, 6.07) is -0.929. The van der Waals surface area contributed by atoms with Crippen LogP contribution in [0.2, 0.25) is 0 Å². The van der Waals surface area contributed by atoms with E-state index in [-0.39, 0.29) is 18.9 Å². The molecule has 14 nitrogen and oxygen atoms in total. The smallest absolute Gasteiger partial charge is 0.220 e. The van der Waals surface area contributed by atoms with Crippen LogP contribution in [0.5, 0.6) is 0 Å². The normalized spacial score (nSPS) is 24.2. The standard InChI is InChI=1S/C67H127NO13/c1-3-5-7-9-11-13-15-17-19-21-23-25-27-28-29-31-33-35-37-39-41-43-45-47-49-51-59(72)68-55(54-78-66-64(77)62(75)65(58(53-70)80-66)81-67-63(76)61(74)60(73)57(52-69)79-67)56(71)50-48-46-44-42-40-38-36-34-32-30-26-24-22-20-18-16-14-12-10-8-6-4-2/h40,42,48,50,55-58,60-67,69-71,73-77H,3-39,41,43-47,49,51-54H2,1-2H3,(H,68,72)/b42-40+,50-48+. The average molecular weight is 1150 g/mol. The van der Waals surface area contributed by atoms with Gasteiger partial charge in [-0.1, -0.05) is 289 Å². The fraction of sp³-hybridized carbons (Fsp3) is 0.925. The summed E-state index contributed by atoms with van der Waals surface area (Å²) in [7, 11) is 0. The van der Waals surface area contributed by atoms with Crippen molar-refractivity contribution in [2.45, 2.75) is 376 Å². The molecular formula is C67H127NO13. The zero-order chi connectivity index (χ0) is 58.8. The predicted molar refractivity (Wildman–Crippen MR) is 328 cm³/mol. The number of carbonyl (C=O) groups is 1. The molecule has 0 aromatic rings. The average Bonchev–Trinajstić information content (AvgIpc) is 3.63. The summed E-state index contributed by atoms with van der Waals surface area (Å²) >= 11 is 0. The highest BCUT2D eigenvalue weighted by Gasteiger charge is 2.51. The van der Waals surface area contributed by atoms with Crippen molar-refractivity contribution in [1.29, 1.82) is 0 Å². The van der Waals surface area contributed by atoms with Crippen LogP contribution in [-0.2, 0) is 23.7 Å². The molecule has 2 rings (SSSR count). The van der Waals surface area contributed by atoms with E-state index in [9.17, 15) is 45.6 Å². The number of hydrogen-bond acceptors (Lipinski definition) is 13. The molecular weight excluding hydrogens is 1030 g/mol. The van der Waals surface area contributed by atoms with Crippen molar-refractivity contribution in [2.24, 2.45) is 0 Å². The maximum Gasteiger partial charge on any atom is 0.220 e. The van der Waals surface area contributed by atoms with Crippen molar-refractivity contribution in [3.05, 3.63) is 24.3 Å². The van der Waals surface area contributed by atoms with Crippen LogP contribution in [0.1, 0.15) is 303 Å². The number of aliphatic hydroxyl groups excluding tert-OH is 8. The van der Waals surface area contributed by atoms with E-state index in [2.05, 4.69) is 31.3 Å². The van der Waals surface area contributed by atoms with Gasteiger partial charge in [0, 0.05) is 6.42 Å². The topological polar surface area (TPSA) is 228 Å². The Morgan fingerprint density at radius 1 is 0.432 bits per heavy atom. The van der Waals surface area contributed by atoms with Crippen LogP contribution in [0.4, 0.5) is 0 Å². The van der Waals surface area contributed by atoms with Gasteiger partial charge in [0.05, 0.1) is 32.0 Å². The number of ether oxygens (including phenoxy) is 4. The van der Waals surface area contributed by atoms with Crippen molar-refractivity contribution >= 4 is 5.91 Å². The Kier molecular flexibility index (Phi) is 49.2. The summed E-state index contributed by atoms with van der Waals surface area (Å²) in [6.07, 6.45) is 48.0. The lowest BCUT2D eigenvalue weighted by molar-refractivity contribution is -0.359. The minimum absolute atomic E-state index is 0.242. The number of unbranched alkanes of at least 4 members (excludes halogenated alkanes) is 41. The summed E-state index contributed by atoms with van der Waals surface area (Å²) in [6.45, 7) is 2.83. The second-order valence-electron chi connectivity index (χ2n) is 24.3. The molecule has 0 bridgehead atoms. The second kappa shape index (κ2) is 52.8. The highest BCUT2D eigenvalue weighted by Crippen LogP contribution is 2.30. The summed E-state index contributed by atoms with van der Waals surface area (Å²) in [5, 5.41) is 87.3. The largest absolute Gasteiger partial charge is 0.394 e. The van der Waals surface area contributed by atoms with Crippen LogP contribution in [0, 0.1) is 0 Å². The molecule has 12 unspecified atom stereocenters. The number of rotatable bonds is 56. The van der Waals surface area contributed by atoms with Crippen LogP contribution in [-0.4, -0.2) is 140 Å². The van der Waals surface area contributed by atoms with Gasteiger partial charge in [0.15, 0.2) is 12.6 Å². The van der Waals surface area contributed by atoms with Gasteiger partial charge in [-0.3, -0.25) is 4.79 Å². The third-order valence-electron chi connectivity index (χ3n) is 16.9. The molecule has 2 heterocycles. The first-order chi connectivity index (χ1) is 39.6. The van der Waals surface area contributed by atoms with Crippen molar-refractivity contribution in [2.75, 3.05) is 19.8 Å². The summed E-state index contributed by atoms with van der Waals surface area (Å²) in [5.74, 6) is -0.242. The van der Waals surface area contributed by atoms with Gasteiger partial charge in [-0.05, 0) is 32.1 Å². The molecule has 0 saturated carbocycles. The molecule has 478 valence electrons. The third kappa shape index (κ3) is 37.6. The number of carbonyl (C=O) groups excluding carboxylic acids is 1. The van der Waals surface area contributed by atoms with Gasteiger partial charge >= 0.3 is 0 Å². The Balaban J connectivity index is 1.71. The van der Waals surface area contributed by atoms with Gasteiger partial charge in [0.2, 0.25) is 5.91 Å². The van der Waals surface area contributed by atoms with E-state index in [1.807, 2.05) is 6.08 Å². The predicted octanol–water partition coefficient (Wildman–Crippen LogP) is 13.2. The summed E-state index contributed by atoms with van der Waals surface area (Å²) in [4.78, 5) is 13.3. The van der Waals surface area contributed by atoms with Gasteiger partial charge in [0.25, 0.3) is 0 Å². The molecule has 0 aromatic heterocycles. The number of hydrogen-bond donors (Lipinski definition) is 9. The first-order valence-corrected chi connectivity index (χ1v) is 34.1. The van der Waals surface area contributed by atoms with Crippen molar-refractivity contribution < 1.29 is 64.6 Å². The number of amides is 1. The summed E-state index contributed by atoms with van der Waals surface area (Å²) < 4.78 is 22.8. The Labute approximate surface area is 494 Å². The van der Waals surface area contributed by atoms with Crippen LogP contribution >= 0.6 is 0 Å². The minimum Gasteiger partial charge on any atom is -0.394 e. The molecule has 0 spiro atoms. The van der Waals surface area contributed by atoms with E-state index < -0.39 is 86.8 Å². The fourth-order valence-corrected chi connectivity index (χ4v) is 11.4. The lowest BCUT2D eigenvalue weighted by atomic mass is 9.97. The molecule has 0 aliphatic carbocycles. The molecule has 2 fully saturated rings. The molecule has 0 radical (unpaired) electrons. The molecule has 2 aliphatic heterocycles. The van der Waals surface area contributed by atoms with Gasteiger partial charge in [-0.15, -0.1) is 0 Å². The highest BCUT2D eigenvalue weighted by molar-refractivity contribution is 5.76. The molecule has 81 heavy (non-hydrogen) atoms. The Hall–Kier alpha value is -1.53. The maximum absolute atomic E-state index is 13.3. The lowest BCUT2D eigenvalue weighted by Crippen LogP contribution is -2.65. The molecule has 1 amide bonds. The molecule has 0 aromatic carbocycles. The van der Waals surface area contributed by atoms with Crippen LogP contribution in [0.3, 0.4) is 0 Å². The number of aliphatic hydroxyl groups is 8. The van der Waals surface area contributed by atoms with Crippen LogP contribution < -0.4 is 5.32 Å². The Bertz CT molecular complexity index is 1450. The van der Waals surface area contributed by atoms with Gasteiger partial charge in [-0.2, -0.15) is 0 Å². The van der Waals surface area contributed by atoms with Crippen LogP contribution in [0.15, 0.2) is 24.3 Å². The molecule has 12 atom stereocenters. The van der Waals surface area contributed by atoms with Crippen molar-refractivity contribution in [3.63, 3.8) is 0 Å².